The summed E-state index contributed by atoms with van der Waals surface area (Å²) in [4.78, 5) is 10.9. The van der Waals surface area contributed by atoms with Gasteiger partial charge in [-0.3, -0.25) is 0 Å². The third-order valence-electron chi connectivity index (χ3n) is 2.19. The van der Waals surface area contributed by atoms with Crippen molar-refractivity contribution in [1.29, 1.82) is 0 Å². The molecule has 4 N–H and O–H groups in total. The molecular formula is C11H12F3N3OS. The Bertz CT molecular complexity index is 502. The maximum atomic E-state index is 12.8. The molecule has 4 nitrogen and oxygen atoms in total. The van der Waals surface area contributed by atoms with Gasteiger partial charge in [-0.15, -0.1) is 0 Å². The molecule has 0 aliphatic carbocycles. The number of nitrogens with one attached hydrogen (secondary N) is 2. The molecule has 0 aromatic heterocycles. The molecule has 0 saturated carbocycles. The molecule has 1 aromatic rings. The highest BCUT2D eigenvalue weighted by Gasteiger charge is 2.34. The Morgan fingerprint density at radius 3 is 2.53 bits per heavy atom. The Morgan fingerprint density at radius 1 is 1.42 bits per heavy atom. The topological polar surface area (TPSA) is 67.2 Å². The molecule has 0 unspecified atom stereocenters. The first-order valence-electron chi connectivity index (χ1n) is 5.31. The molecular weight excluding hydrogens is 279 g/mol. The van der Waals surface area contributed by atoms with E-state index in [-0.39, 0.29) is 16.2 Å². The second kappa shape index (κ2) is 5.87. The van der Waals surface area contributed by atoms with Crippen molar-refractivity contribution < 1.29 is 18.0 Å². The average molecular weight is 291 g/mol. The Morgan fingerprint density at radius 2 is 2.05 bits per heavy atom. The van der Waals surface area contributed by atoms with E-state index in [0.29, 0.717) is 6.54 Å². The summed E-state index contributed by atoms with van der Waals surface area (Å²) in [7, 11) is 0. The number of carbonyl (C=O) groups excluding carboxylic acids is 1. The quantitative estimate of drug-likeness (QED) is 0.749. The van der Waals surface area contributed by atoms with Gasteiger partial charge in [0.25, 0.3) is 0 Å². The summed E-state index contributed by atoms with van der Waals surface area (Å²) in [5.41, 5.74) is 4.00. The van der Waals surface area contributed by atoms with Crippen molar-refractivity contribution >= 4 is 28.9 Å². The van der Waals surface area contributed by atoms with Crippen LogP contribution in [0.1, 0.15) is 18.1 Å². The molecule has 104 valence electrons. The lowest BCUT2D eigenvalue weighted by Gasteiger charge is -2.14. The third-order valence-corrected chi connectivity index (χ3v) is 2.41. The first-order valence-corrected chi connectivity index (χ1v) is 5.72. The number of nitrogens with two attached hydrogens (primary N) is 1. The Kier molecular flexibility index (Phi) is 4.71. The molecule has 1 aromatic carbocycles. The van der Waals surface area contributed by atoms with Gasteiger partial charge in [0, 0.05) is 17.8 Å². The summed E-state index contributed by atoms with van der Waals surface area (Å²) in [6, 6.07) is 2.65. The van der Waals surface area contributed by atoms with E-state index in [4.69, 9.17) is 5.73 Å². The lowest BCUT2D eigenvalue weighted by atomic mass is 10.1. The molecule has 0 fully saturated rings. The van der Waals surface area contributed by atoms with E-state index in [1.54, 1.807) is 6.92 Å². The molecule has 2 amide bonds. The molecule has 0 spiro atoms. The van der Waals surface area contributed by atoms with E-state index < -0.39 is 17.8 Å². The van der Waals surface area contributed by atoms with Crippen molar-refractivity contribution in [1.82, 2.24) is 5.32 Å². The first kappa shape index (κ1) is 15.2. The number of alkyl halides is 3. The highest BCUT2D eigenvalue weighted by atomic mass is 32.1. The van der Waals surface area contributed by atoms with Gasteiger partial charge in [0.2, 0.25) is 0 Å². The van der Waals surface area contributed by atoms with Crippen molar-refractivity contribution in [2.75, 3.05) is 11.9 Å². The van der Waals surface area contributed by atoms with Crippen LogP contribution in [0.5, 0.6) is 0 Å². The molecule has 0 bridgehead atoms. The highest BCUT2D eigenvalue weighted by Crippen LogP contribution is 2.33. The lowest BCUT2D eigenvalue weighted by molar-refractivity contribution is -0.137. The van der Waals surface area contributed by atoms with Crippen molar-refractivity contribution in [3.05, 3.63) is 29.3 Å². The third kappa shape index (κ3) is 4.09. The normalized spacial score (nSPS) is 10.9. The number of hydrogen-bond donors (Lipinski definition) is 3. The number of halogens is 3. The number of urea groups is 1. The van der Waals surface area contributed by atoms with Crippen LogP contribution in [0.4, 0.5) is 23.7 Å². The van der Waals surface area contributed by atoms with Crippen molar-refractivity contribution in [2.24, 2.45) is 5.73 Å². The Hall–Kier alpha value is -1.83. The van der Waals surface area contributed by atoms with Gasteiger partial charge < -0.3 is 16.4 Å². The smallest absolute Gasteiger partial charge is 0.389 e. The second-order valence-electron chi connectivity index (χ2n) is 3.61. The van der Waals surface area contributed by atoms with E-state index in [9.17, 15) is 18.0 Å². The van der Waals surface area contributed by atoms with Crippen LogP contribution in [0.25, 0.3) is 0 Å². The summed E-state index contributed by atoms with van der Waals surface area (Å²) < 4.78 is 38.5. The molecule has 0 heterocycles. The van der Waals surface area contributed by atoms with Gasteiger partial charge in [-0.1, -0.05) is 12.2 Å². The molecule has 0 saturated heterocycles. The molecule has 19 heavy (non-hydrogen) atoms. The van der Waals surface area contributed by atoms with Gasteiger partial charge in [-0.25, -0.2) is 4.79 Å². The molecule has 0 aliphatic rings. The monoisotopic (exact) mass is 291 g/mol. The number of anilines is 1. The number of carbonyl (C=O) groups is 1. The summed E-state index contributed by atoms with van der Waals surface area (Å²) >= 11 is 4.57. The zero-order valence-electron chi connectivity index (χ0n) is 9.97. The lowest BCUT2D eigenvalue weighted by Crippen LogP contribution is -2.28. The number of hydrogen-bond acceptors (Lipinski definition) is 2. The molecule has 8 heteroatoms. The zero-order chi connectivity index (χ0) is 14.6. The summed E-state index contributed by atoms with van der Waals surface area (Å²) in [6.45, 7) is 2.06. The van der Waals surface area contributed by atoms with Crippen molar-refractivity contribution in [3.63, 3.8) is 0 Å². The van der Waals surface area contributed by atoms with Crippen molar-refractivity contribution in [3.8, 4) is 0 Å². The van der Waals surface area contributed by atoms with Gasteiger partial charge in [0.1, 0.15) is 4.99 Å². The van der Waals surface area contributed by atoms with Gasteiger partial charge in [0.15, 0.2) is 0 Å². The van der Waals surface area contributed by atoms with Crippen LogP contribution >= 0.6 is 12.2 Å². The predicted octanol–water partition coefficient (Wildman–Crippen LogP) is 2.48. The molecule has 0 aliphatic heterocycles. The van der Waals surface area contributed by atoms with Crippen LogP contribution in [0, 0.1) is 0 Å². The fourth-order valence-corrected chi connectivity index (χ4v) is 1.59. The molecule has 0 radical (unpaired) electrons. The van der Waals surface area contributed by atoms with Gasteiger partial charge in [-0.2, -0.15) is 13.2 Å². The first-order chi connectivity index (χ1) is 8.75. The highest BCUT2D eigenvalue weighted by molar-refractivity contribution is 7.80. The SMILES string of the molecule is CCNC(=O)Nc1ccc(C(N)=S)c(C(F)(F)F)c1. The maximum Gasteiger partial charge on any atom is 0.417 e. The Balaban J connectivity index is 3.12. The number of thiocarbonyl (C=S) groups is 1. The number of amides is 2. The van der Waals surface area contributed by atoms with Crippen LogP contribution in [0.2, 0.25) is 0 Å². The largest absolute Gasteiger partial charge is 0.417 e. The zero-order valence-corrected chi connectivity index (χ0v) is 10.8. The standard InChI is InChI=1S/C11H12F3N3OS/c1-2-16-10(18)17-6-3-4-7(9(15)19)8(5-6)11(12,13)14/h3-5H,2H2,1H3,(H2,15,19)(H2,16,17,18). The van der Waals surface area contributed by atoms with E-state index in [1.807, 2.05) is 0 Å². The van der Waals surface area contributed by atoms with Crippen molar-refractivity contribution in [2.45, 2.75) is 13.1 Å². The van der Waals surface area contributed by atoms with E-state index in [2.05, 4.69) is 22.9 Å². The minimum atomic E-state index is -4.60. The van der Waals surface area contributed by atoms with Crippen LogP contribution in [-0.4, -0.2) is 17.6 Å². The minimum Gasteiger partial charge on any atom is -0.389 e. The summed E-state index contributed by atoms with van der Waals surface area (Å²) in [5, 5.41) is 4.70. The van der Waals surface area contributed by atoms with E-state index in [1.165, 1.54) is 6.07 Å². The molecule has 0 atom stereocenters. The number of benzene rings is 1. The summed E-state index contributed by atoms with van der Waals surface area (Å²) in [5.74, 6) is 0. The van der Waals surface area contributed by atoms with Gasteiger partial charge in [0.05, 0.1) is 5.56 Å². The van der Waals surface area contributed by atoms with Crippen LogP contribution in [0.3, 0.4) is 0 Å². The number of rotatable bonds is 3. The fraction of sp³-hybridized carbons (Fsp3) is 0.273. The maximum absolute atomic E-state index is 12.8. The average Bonchev–Trinajstić information content (AvgIpc) is 2.27. The Labute approximate surface area is 113 Å². The van der Waals surface area contributed by atoms with Crippen LogP contribution < -0.4 is 16.4 Å². The van der Waals surface area contributed by atoms with Gasteiger partial charge in [-0.05, 0) is 25.1 Å². The predicted molar refractivity (Wildman–Crippen MR) is 70.0 cm³/mol. The summed E-state index contributed by atoms with van der Waals surface area (Å²) in [6.07, 6.45) is -4.60. The van der Waals surface area contributed by atoms with E-state index >= 15 is 0 Å². The van der Waals surface area contributed by atoms with Gasteiger partial charge >= 0.3 is 12.2 Å². The fourth-order valence-electron chi connectivity index (χ4n) is 1.41. The van der Waals surface area contributed by atoms with Crippen LogP contribution in [-0.2, 0) is 6.18 Å². The minimum absolute atomic E-state index is 0.0123. The second-order valence-corrected chi connectivity index (χ2v) is 4.05. The molecule has 1 rings (SSSR count). The van der Waals surface area contributed by atoms with Crippen LogP contribution in [0.15, 0.2) is 18.2 Å². The van der Waals surface area contributed by atoms with E-state index in [0.717, 1.165) is 12.1 Å².